The Labute approximate surface area is 124 Å². The molecule has 4 nitrogen and oxygen atoms in total. The van der Waals surface area contributed by atoms with Crippen molar-refractivity contribution in [2.75, 3.05) is 11.1 Å². The van der Waals surface area contributed by atoms with E-state index in [0.717, 1.165) is 20.9 Å². The van der Waals surface area contributed by atoms with Crippen molar-refractivity contribution >= 4 is 39.4 Å². The molecule has 0 aliphatic carbocycles. The molecule has 0 unspecified atom stereocenters. The molecule has 0 fully saturated rings. The number of halogens is 1. The van der Waals surface area contributed by atoms with Gasteiger partial charge < -0.3 is 5.32 Å². The second-order valence-electron chi connectivity index (χ2n) is 4.09. The van der Waals surface area contributed by atoms with Gasteiger partial charge in [0.2, 0.25) is 5.91 Å². The summed E-state index contributed by atoms with van der Waals surface area (Å²) in [5, 5.41) is 7.03. The number of anilines is 1. The van der Waals surface area contributed by atoms with E-state index in [1.807, 2.05) is 44.3 Å². The Morgan fingerprint density at radius 1 is 1.47 bits per heavy atom. The van der Waals surface area contributed by atoms with Gasteiger partial charge in [-0.05, 0) is 25.1 Å². The molecule has 1 aromatic heterocycles. The first kappa shape index (κ1) is 14.1. The molecule has 0 bridgehead atoms. The van der Waals surface area contributed by atoms with E-state index >= 15 is 0 Å². The molecule has 1 N–H and O–H groups in total. The van der Waals surface area contributed by atoms with E-state index in [9.17, 15) is 4.79 Å². The standard InChI is InChI=1S/C13H14BrN3OS/c1-9-6-12(17(2)16-9)15-13(18)8-19-11-5-3-4-10(14)7-11/h3-7H,8H2,1-2H3,(H,15,18). The maximum atomic E-state index is 11.8. The average molecular weight is 340 g/mol. The van der Waals surface area contributed by atoms with Gasteiger partial charge >= 0.3 is 0 Å². The highest BCUT2D eigenvalue weighted by Gasteiger charge is 2.07. The second-order valence-corrected chi connectivity index (χ2v) is 6.05. The van der Waals surface area contributed by atoms with Crippen molar-refractivity contribution in [1.82, 2.24) is 9.78 Å². The molecule has 19 heavy (non-hydrogen) atoms. The number of hydrogen-bond acceptors (Lipinski definition) is 3. The molecule has 100 valence electrons. The van der Waals surface area contributed by atoms with E-state index in [0.29, 0.717) is 5.75 Å². The van der Waals surface area contributed by atoms with Crippen molar-refractivity contribution in [3.63, 3.8) is 0 Å². The van der Waals surface area contributed by atoms with Crippen molar-refractivity contribution in [2.45, 2.75) is 11.8 Å². The minimum absolute atomic E-state index is 0.0343. The zero-order valence-electron chi connectivity index (χ0n) is 10.7. The summed E-state index contributed by atoms with van der Waals surface area (Å²) in [6.07, 6.45) is 0. The first-order valence-corrected chi connectivity index (χ1v) is 7.51. The van der Waals surface area contributed by atoms with Gasteiger partial charge in [0.1, 0.15) is 5.82 Å². The molecule has 0 radical (unpaired) electrons. The molecule has 2 rings (SSSR count). The predicted octanol–water partition coefficient (Wildman–Crippen LogP) is 3.22. The third-order valence-corrected chi connectivity index (χ3v) is 3.92. The van der Waals surface area contributed by atoms with Crippen LogP contribution in [0, 0.1) is 6.92 Å². The second kappa shape index (κ2) is 6.25. The van der Waals surface area contributed by atoms with E-state index in [4.69, 9.17) is 0 Å². The van der Waals surface area contributed by atoms with Gasteiger partial charge in [-0.25, -0.2) is 0 Å². The van der Waals surface area contributed by atoms with Crippen LogP contribution in [-0.2, 0) is 11.8 Å². The zero-order chi connectivity index (χ0) is 13.8. The summed E-state index contributed by atoms with van der Waals surface area (Å²) in [4.78, 5) is 12.9. The molecule has 0 aliphatic heterocycles. The number of thioether (sulfide) groups is 1. The smallest absolute Gasteiger partial charge is 0.235 e. The van der Waals surface area contributed by atoms with Gasteiger partial charge in [0.25, 0.3) is 0 Å². The van der Waals surface area contributed by atoms with Gasteiger partial charge in [-0.1, -0.05) is 22.0 Å². The van der Waals surface area contributed by atoms with Gasteiger partial charge in [-0.2, -0.15) is 5.10 Å². The summed E-state index contributed by atoms with van der Waals surface area (Å²) in [5.41, 5.74) is 0.887. The summed E-state index contributed by atoms with van der Waals surface area (Å²) in [5.74, 6) is 1.06. The summed E-state index contributed by atoms with van der Waals surface area (Å²) in [6, 6.07) is 9.74. The fourth-order valence-corrected chi connectivity index (χ4v) is 2.92. The third kappa shape index (κ3) is 4.11. The van der Waals surface area contributed by atoms with Crippen LogP contribution in [-0.4, -0.2) is 21.4 Å². The van der Waals surface area contributed by atoms with E-state index < -0.39 is 0 Å². The molecular formula is C13H14BrN3OS. The van der Waals surface area contributed by atoms with Crippen LogP contribution in [0.25, 0.3) is 0 Å². The number of amides is 1. The topological polar surface area (TPSA) is 46.9 Å². The highest BCUT2D eigenvalue weighted by molar-refractivity contribution is 9.10. The van der Waals surface area contributed by atoms with Gasteiger partial charge in [-0.15, -0.1) is 11.8 Å². The minimum Gasteiger partial charge on any atom is -0.310 e. The van der Waals surface area contributed by atoms with Crippen LogP contribution in [0.3, 0.4) is 0 Å². The van der Waals surface area contributed by atoms with Crippen molar-refractivity contribution < 1.29 is 4.79 Å². The fourth-order valence-electron chi connectivity index (χ4n) is 1.61. The minimum atomic E-state index is -0.0343. The normalized spacial score (nSPS) is 10.5. The van der Waals surface area contributed by atoms with Crippen molar-refractivity contribution in [1.29, 1.82) is 0 Å². The van der Waals surface area contributed by atoms with E-state index in [1.54, 1.807) is 4.68 Å². The first-order chi connectivity index (χ1) is 9.04. The van der Waals surface area contributed by atoms with Crippen LogP contribution in [0.4, 0.5) is 5.82 Å². The molecule has 0 saturated heterocycles. The van der Waals surface area contributed by atoms with E-state index in [1.165, 1.54) is 11.8 Å². The zero-order valence-corrected chi connectivity index (χ0v) is 13.1. The van der Waals surface area contributed by atoms with Gasteiger partial charge in [0.05, 0.1) is 11.4 Å². The lowest BCUT2D eigenvalue weighted by Gasteiger charge is -2.05. The number of carbonyl (C=O) groups excluding carboxylic acids is 1. The number of benzene rings is 1. The van der Waals surface area contributed by atoms with E-state index in [2.05, 4.69) is 26.3 Å². The Bertz CT molecular complexity index is 597. The van der Waals surface area contributed by atoms with Crippen LogP contribution < -0.4 is 5.32 Å². The summed E-state index contributed by atoms with van der Waals surface area (Å²) in [6.45, 7) is 1.89. The lowest BCUT2D eigenvalue weighted by molar-refractivity contribution is -0.113. The Morgan fingerprint density at radius 3 is 2.89 bits per heavy atom. The fraction of sp³-hybridized carbons (Fsp3) is 0.231. The Hall–Kier alpha value is -1.27. The highest BCUT2D eigenvalue weighted by atomic mass is 79.9. The maximum Gasteiger partial charge on any atom is 0.235 e. The van der Waals surface area contributed by atoms with Crippen LogP contribution in [0.1, 0.15) is 5.69 Å². The van der Waals surface area contributed by atoms with Gasteiger partial charge in [-0.3, -0.25) is 9.48 Å². The van der Waals surface area contributed by atoms with Crippen molar-refractivity contribution in [3.05, 3.63) is 40.5 Å². The monoisotopic (exact) mass is 339 g/mol. The largest absolute Gasteiger partial charge is 0.310 e. The Balaban J connectivity index is 1.90. The van der Waals surface area contributed by atoms with Gasteiger partial charge in [0.15, 0.2) is 0 Å². The molecule has 6 heteroatoms. The Kier molecular flexibility index (Phi) is 4.66. The van der Waals surface area contributed by atoms with Crippen LogP contribution in [0.2, 0.25) is 0 Å². The molecule has 0 spiro atoms. The van der Waals surface area contributed by atoms with Crippen LogP contribution in [0.15, 0.2) is 39.7 Å². The maximum absolute atomic E-state index is 11.8. The molecule has 0 atom stereocenters. The van der Waals surface area contributed by atoms with Crippen LogP contribution >= 0.6 is 27.7 Å². The van der Waals surface area contributed by atoms with Crippen molar-refractivity contribution in [3.8, 4) is 0 Å². The average Bonchev–Trinajstić information content (AvgIpc) is 2.65. The van der Waals surface area contributed by atoms with E-state index in [-0.39, 0.29) is 5.91 Å². The predicted molar refractivity (Wildman–Crippen MR) is 81.4 cm³/mol. The summed E-state index contributed by atoms with van der Waals surface area (Å²) < 4.78 is 2.68. The lowest BCUT2D eigenvalue weighted by Crippen LogP contribution is -2.16. The summed E-state index contributed by atoms with van der Waals surface area (Å²) >= 11 is 4.91. The molecule has 0 saturated carbocycles. The third-order valence-electron chi connectivity index (χ3n) is 2.44. The molecular weight excluding hydrogens is 326 g/mol. The Morgan fingerprint density at radius 2 is 2.26 bits per heavy atom. The highest BCUT2D eigenvalue weighted by Crippen LogP contribution is 2.22. The molecule has 2 aromatic rings. The van der Waals surface area contributed by atoms with Gasteiger partial charge in [0, 0.05) is 22.5 Å². The summed E-state index contributed by atoms with van der Waals surface area (Å²) in [7, 11) is 1.81. The van der Waals surface area contributed by atoms with Crippen molar-refractivity contribution in [2.24, 2.45) is 7.05 Å². The number of aryl methyl sites for hydroxylation is 2. The number of nitrogens with zero attached hydrogens (tertiary/aromatic N) is 2. The molecule has 1 amide bonds. The SMILES string of the molecule is Cc1cc(NC(=O)CSc2cccc(Br)c2)n(C)n1. The van der Waals surface area contributed by atoms with Crippen LogP contribution in [0.5, 0.6) is 0 Å². The lowest BCUT2D eigenvalue weighted by atomic mass is 10.4. The first-order valence-electron chi connectivity index (χ1n) is 5.73. The number of carbonyl (C=O) groups is 1. The quantitative estimate of drug-likeness (QED) is 0.870. The number of rotatable bonds is 4. The number of nitrogens with one attached hydrogen (secondary N) is 1. The number of hydrogen-bond donors (Lipinski definition) is 1. The molecule has 1 aromatic carbocycles. The molecule has 1 heterocycles. The number of aromatic nitrogens is 2. The molecule has 0 aliphatic rings.